The predicted molar refractivity (Wildman–Crippen MR) is 98.4 cm³/mol. The zero-order chi connectivity index (χ0) is 19.2. The SMILES string of the molecule is CC(=O)N1CC(O)CC2(CCN(C(=O)C3(c4ccccc4F)CC3)CC2)C1. The smallest absolute Gasteiger partial charge is 0.233 e. The lowest BCUT2D eigenvalue weighted by molar-refractivity contribution is -0.143. The number of piperidine rings is 2. The molecular weight excluding hydrogens is 347 g/mol. The van der Waals surface area contributed by atoms with Crippen molar-refractivity contribution in [1.82, 2.24) is 9.80 Å². The van der Waals surface area contributed by atoms with Crippen LogP contribution in [0, 0.1) is 11.2 Å². The Balaban J connectivity index is 1.46. The van der Waals surface area contributed by atoms with Crippen LogP contribution in [0.5, 0.6) is 0 Å². The van der Waals surface area contributed by atoms with E-state index < -0.39 is 11.5 Å². The summed E-state index contributed by atoms with van der Waals surface area (Å²) >= 11 is 0. The van der Waals surface area contributed by atoms with Gasteiger partial charge in [0.1, 0.15) is 5.82 Å². The number of hydrogen-bond acceptors (Lipinski definition) is 3. The van der Waals surface area contributed by atoms with Crippen LogP contribution in [0.25, 0.3) is 0 Å². The van der Waals surface area contributed by atoms with Crippen LogP contribution in [-0.2, 0) is 15.0 Å². The maximum absolute atomic E-state index is 14.3. The fraction of sp³-hybridized carbons (Fsp3) is 0.619. The van der Waals surface area contributed by atoms with E-state index in [0.717, 1.165) is 12.8 Å². The standard InChI is InChI=1S/C21H27FN2O3/c1-15(25)24-13-16(26)12-20(14-24)8-10-23(11-9-20)19(27)21(6-7-21)17-4-2-3-5-18(17)22/h2-5,16,26H,6-14H2,1H3. The van der Waals surface area contributed by atoms with Gasteiger partial charge in [0.2, 0.25) is 11.8 Å². The molecule has 146 valence electrons. The summed E-state index contributed by atoms with van der Waals surface area (Å²) in [7, 11) is 0. The zero-order valence-corrected chi connectivity index (χ0v) is 15.8. The summed E-state index contributed by atoms with van der Waals surface area (Å²) in [6.45, 7) is 3.80. The zero-order valence-electron chi connectivity index (χ0n) is 15.8. The van der Waals surface area contributed by atoms with Gasteiger partial charge in [-0.25, -0.2) is 4.39 Å². The minimum Gasteiger partial charge on any atom is -0.391 e. The summed E-state index contributed by atoms with van der Waals surface area (Å²) in [5, 5.41) is 10.2. The van der Waals surface area contributed by atoms with Gasteiger partial charge in [0.15, 0.2) is 0 Å². The summed E-state index contributed by atoms with van der Waals surface area (Å²) in [5.74, 6) is -0.283. The molecule has 3 aliphatic rings. The summed E-state index contributed by atoms with van der Waals surface area (Å²) in [4.78, 5) is 28.6. The van der Waals surface area contributed by atoms with Crippen LogP contribution < -0.4 is 0 Å². The molecule has 1 aromatic rings. The Morgan fingerprint density at radius 1 is 1.11 bits per heavy atom. The molecule has 2 saturated heterocycles. The van der Waals surface area contributed by atoms with E-state index >= 15 is 0 Å². The number of halogens is 1. The van der Waals surface area contributed by atoms with Crippen LogP contribution in [0.3, 0.4) is 0 Å². The second kappa shape index (κ2) is 6.59. The molecule has 2 amide bonds. The van der Waals surface area contributed by atoms with Crippen molar-refractivity contribution in [2.75, 3.05) is 26.2 Å². The van der Waals surface area contributed by atoms with Gasteiger partial charge in [-0.1, -0.05) is 18.2 Å². The average Bonchev–Trinajstić information content (AvgIpc) is 3.43. The lowest BCUT2D eigenvalue weighted by Gasteiger charge is -2.49. The average molecular weight is 374 g/mol. The highest BCUT2D eigenvalue weighted by Gasteiger charge is 2.55. The third kappa shape index (κ3) is 3.24. The van der Waals surface area contributed by atoms with Crippen LogP contribution in [0.4, 0.5) is 4.39 Å². The lowest BCUT2D eigenvalue weighted by atomic mass is 9.71. The molecule has 2 aliphatic heterocycles. The molecule has 3 fully saturated rings. The molecule has 1 N–H and O–H groups in total. The molecule has 1 unspecified atom stereocenters. The van der Waals surface area contributed by atoms with Crippen LogP contribution >= 0.6 is 0 Å². The second-order valence-electron chi connectivity index (χ2n) is 8.61. The first-order chi connectivity index (χ1) is 12.9. The van der Waals surface area contributed by atoms with Gasteiger partial charge in [-0.15, -0.1) is 0 Å². The topological polar surface area (TPSA) is 60.9 Å². The third-order valence-electron chi connectivity index (χ3n) is 6.73. The summed E-state index contributed by atoms with van der Waals surface area (Å²) in [6.07, 6.45) is 3.12. The van der Waals surface area contributed by atoms with Crippen LogP contribution in [0.1, 0.15) is 44.6 Å². The maximum Gasteiger partial charge on any atom is 0.233 e. The van der Waals surface area contributed by atoms with Gasteiger partial charge in [-0.05, 0) is 43.6 Å². The number of aliphatic hydroxyl groups excluding tert-OH is 1. The number of likely N-dealkylation sites (tertiary alicyclic amines) is 2. The highest BCUT2D eigenvalue weighted by atomic mass is 19.1. The first-order valence-corrected chi connectivity index (χ1v) is 9.83. The Kier molecular flexibility index (Phi) is 4.49. The Bertz CT molecular complexity index is 754. The number of carbonyl (C=O) groups is 2. The van der Waals surface area contributed by atoms with E-state index in [1.807, 2.05) is 4.90 Å². The highest BCUT2D eigenvalue weighted by Crippen LogP contribution is 2.51. The quantitative estimate of drug-likeness (QED) is 0.862. The van der Waals surface area contributed by atoms with E-state index in [9.17, 15) is 19.1 Å². The van der Waals surface area contributed by atoms with Gasteiger partial charge in [-0.3, -0.25) is 9.59 Å². The molecule has 27 heavy (non-hydrogen) atoms. The Morgan fingerprint density at radius 2 is 1.78 bits per heavy atom. The molecular formula is C21H27FN2O3. The number of benzene rings is 1. The van der Waals surface area contributed by atoms with Gasteiger partial charge >= 0.3 is 0 Å². The summed E-state index contributed by atoms with van der Waals surface area (Å²) < 4.78 is 14.3. The van der Waals surface area contributed by atoms with Crippen molar-refractivity contribution in [1.29, 1.82) is 0 Å². The van der Waals surface area contributed by atoms with E-state index in [-0.39, 0.29) is 23.0 Å². The van der Waals surface area contributed by atoms with Crippen molar-refractivity contribution in [3.8, 4) is 0 Å². The van der Waals surface area contributed by atoms with Gasteiger partial charge in [0.05, 0.1) is 11.5 Å². The number of carbonyl (C=O) groups excluding carboxylic acids is 2. The number of nitrogens with zero attached hydrogens (tertiary/aromatic N) is 2. The Hall–Kier alpha value is -1.95. The Morgan fingerprint density at radius 3 is 2.37 bits per heavy atom. The molecule has 1 saturated carbocycles. The molecule has 4 rings (SSSR count). The van der Waals surface area contributed by atoms with Crippen molar-refractivity contribution >= 4 is 11.8 Å². The molecule has 6 heteroatoms. The fourth-order valence-electron chi connectivity index (χ4n) is 5.01. The molecule has 1 aromatic carbocycles. The first-order valence-electron chi connectivity index (χ1n) is 9.83. The third-order valence-corrected chi connectivity index (χ3v) is 6.73. The normalized spacial score (nSPS) is 26.1. The van der Waals surface area contributed by atoms with Crippen molar-refractivity contribution in [3.63, 3.8) is 0 Å². The fourth-order valence-corrected chi connectivity index (χ4v) is 5.01. The number of β-amino-alcohol motifs (C(OH)–C–C–N with tert-alkyl or cyclic N) is 1. The molecule has 0 bridgehead atoms. The first kappa shape index (κ1) is 18.4. The van der Waals surface area contributed by atoms with Gasteiger partial charge < -0.3 is 14.9 Å². The number of aliphatic hydroxyl groups is 1. The van der Waals surface area contributed by atoms with Gasteiger partial charge in [0.25, 0.3) is 0 Å². The molecule has 1 atom stereocenters. The van der Waals surface area contributed by atoms with Crippen molar-refractivity contribution < 1.29 is 19.1 Å². The summed E-state index contributed by atoms with van der Waals surface area (Å²) in [5.41, 5.74) is -0.284. The Labute approximate surface area is 159 Å². The minimum atomic E-state index is -0.687. The molecule has 0 aromatic heterocycles. The predicted octanol–water partition coefficient (Wildman–Crippen LogP) is 2.08. The molecule has 1 spiro atoms. The largest absolute Gasteiger partial charge is 0.391 e. The maximum atomic E-state index is 14.3. The highest BCUT2D eigenvalue weighted by molar-refractivity contribution is 5.91. The summed E-state index contributed by atoms with van der Waals surface area (Å²) in [6, 6.07) is 6.59. The van der Waals surface area contributed by atoms with Gasteiger partial charge in [0, 0.05) is 38.7 Å². The van der Waals surface area contributed by atoms with E-state index in [1.54, 1.807) is 23.1 Å². The lowest BCUT2D eigenvalue weighted by Crippen LogP contribution is -2.56. The van der Waals surface area contributed by atoms with E-state index in [1.165, 1.54) is 13.0 Å². The van der Waals surface area contributed by atoms with E-state index in [2.05, 4.69) is 0 Å². The number of amides is 2. The van der Waals surface area contributed by atoms with Crippen molar-refractivity contribution in [2.45, 2.75) is 50.5 Å². The molecule has 0 radical (unpaired) electrons. The van der Waals surface area contributed by atoms with E-state index in [0.29, 0.717) is 51.0 Å². The monoisotopic (exact) mass is 374 g/mol. The van der Waals surface area contributed by atoms with Crippen LogP contribution in [0.2, 0.25) is 0 Å². The van der Waals surface area contributed by atoms with Crippen molar-refractivity contribution in [2.24, 2.45) is 5.41 Å². The van der Waals surface area contributed by atoms with Crippen LogP contribution in [-0.4, -0.2) is 59.0 Å². The molecule has 2 heterocycles. The van der Waals surface area contributed by atoms with Gasteiger partial charge in [-0.2, -0.15) is 0 Å². The molecule has 5 nitrogen and oxygen atoms in total. The number of rotatable bonds is 2. The second-order valence-corrected chi connectivity index (χ2v) is 8.61. The van der Waals surface area contributed by atoms with Crippen molar-refractivity contribution in [3.05, 3.63) is 35.6 Å². The van der Waals surface area contributed by atoms with Crippen LogP contribution in [0.15, 0.2) is 24.3 Å². The van der Waals surface area contributed by atoms with E-state index in [4.69, 9.17) is 0 Å². The minimum absolute atomic E-state index is 0.0110. The molecule has 1 aliphatic carbocycles. The number of hydrogen-bond donors (Lipinski definition) is 1.